The Labute approximate surface area is 193 Å². The van der Waals surface area contributed by atoms with E-state index in [1.165, 1.54) is 64.2 Å². The van der Waals surface area contributed by atoms with Crippen molar-refractivity contribution in [3.05, 3.63) is 0 Å². The van der Waals surface area contributed by atoms with Crippen molar-refractivity contribution in [1.82, 2.24) is 10.6 Å². The Morgan fingerprint density at radius 2 is 1.44 bits per heavy atom. The van der Waals surface area contributed by atoms with Crippen LogP contribution in [0.3, 0.4) is 0 Å². The number of amides is 1. The van der Waals surface area contributed by atoms with Crippen LogP contribution >= 0.6 is 0 Å². The third kappa shape index (κ3) is 13.6. The summed E-state index contributed by atoms with van der Waals surface area (Å²) < 4.78 is 9.76. The summed E-state index contributed by atoms with van der Waals surface area (Å²) in [6, 6.07) is 0.722. The fourth-order valence-corrected chi connectivity index (χ4v) is 4.08. The molecule has 0 spiro atoms. The van der Waals surface area contributed by atoms with Crippen molar-refractivity contribution in [2.24, 2.45) is 0 Å². The van der Waals surface area contributed by atoms with Gasteiger partial charge in [0.1, 0.15) is 11.6 Å². The third-order valence-corrected chi connectivity index (χ3v) is 5.59. The SMILES string of the molecule is C1CCC(NC2CCCCC2)CC1.CCOC(=O)[C@@H](CCC(=O)O)NC(=O)OC(C)(C)C. The van der Waals surface area contributed by atoms with Crippen LogP contribution in [0.4, 0.5) is 4.79 Å². The van der Waals surface area contributed by atoms with Crippen LogP contribution in [0, 0.1) is 0 Å². The Morgan fingerprint density at radius 1 is 0.938 bits per heavy atom. The van der Waals surface area contributed by atoms with Crippen LogP contribution < -0.4 is 10.6 Å². The first-order chi connectivity index (χ1) is 15.1. The fourth-order valence-electron chi connectivity index (χ4n) is 4.08. The van der Waals surface area contributed by atoms with Gasteiger partial charge in [-0.15, -0.1) is 0 Å². The zero-order valence-electron chi connectivity index (χ0n) is 20.4. The van der Waals surface area contributed by atoms with Gasteiger partial charge in [-0.3, -0.25) is 4.79 Å². The minimum Gasteiger partial charge on any atom is -0.481 e. The molecule has 3 N–H and O–H groups in total. The maximum absolute atomic E-state index is 11.6. The minimum atomic E-state index is -1.06. The molecule has 0 aromatic carbocycles. The number of alkyl carbamates (subject to hydrolysis) is 1. The van der Waals surface area contributed by atoms with Gasteiger partial charge >= 0.3 is 18.0 Å². The first-order valence-electron chi connectivity index (χ1n) is 12.2. The van der Waals surface area contributed by atoms with E-state index in [1.807, 2.05) is 0 Å². The van der Waals surface area contributed by atoms with E-state index >= 15 is 0 Å². The van der Waals surface area contributed by atoms with Crippen LogP contribution in [0.2, 0.25) is 0 Å². The van der Waals surface area contributed by atoms with E-state index in [9.17, 15) is 14.4 Å². The molecule has 2 saturated carbocycles. The molecule has 2 aliphatic carbocycles. The Bertz CT molecular complexity index is 547. The smallest absolute Gasteiger partial charge is 0.408 e. The highest BCUT2D eigenvalue weighted by Gasteiger charge is 2.26. The Morgan fingerprint density at radius 3 is 1.84 bits per heavy atom. The van der Waals surface area contributed by atoms with Gasteiger partial charge in [0.15, 0.2) is 0 Å². The molecule has 2 aliphatic rings. The van der Waals surface area contributed by atoms with Crippen molar-refractivity contribution in [2.45, 2.75) is 128 Å². The van der Waals surface area contributed by atoms with Gasteiger partial charge in [0.25, 0.3) is 0 Å². The highest BCUT2D eigenvalue weighted by Crippen LogP contribution is 2.22. The molecule has 0 aromatic rings. The molecule has 186 valence electrons. The molecule has 0 aromatic heterocycles. The molecule has 0 bridgehead atoms. The molecule has 0 unspecified atom stereocenters. The van der Waals surface area contributed by atoms with Crippen LogP contribution in [0.5, 0.6) is 0 Å². The lowest BCUT2D eigenvalue weighted by Gasteiger charge is -2.30. The van der Waals surface area contributed by atoms with Crippen LogP contribution in [0.1, 0.15) is 105 Å². The largest absolute Gasteiger partial charge is 0.481 e. The Hall–Kier alpha value is -1.83. The number of hydrogen-bond acceptors (Lipinski definition) is 6. The Kier molecular flexibility index (Phi) is 13.3. The quantitative estimate of drug-likeness (QED) is 0.459. The summed E-state index contributed by atoms with van der Waals surface area (Å²) in [5, 5.41) is 14.8. The van der Waals surface area contributed by atoms with Crippen LogP contribution in [0.25, 0.3) is 0 Å². The number of carbonyl (C=O) groups excluding carboxylic acids is 2. The van der Waals surface area contributed by atoms with Crippen molar-refractivity contribution in [1.29, 1.82) is 0 Å². The minimum absolute atomic E-state index is 0.0482. The number of carboxylic acid groups (broad SMARTS) is 1. The van der Waals surface area contributed by atoms with Gasteiger partial charge in [-0.1, -0.05) is 38.5 Å². The highest BCUT2D eigenvalue weighted by atomic mass is 16.6. The first-order valence-corrected chi connectivity index (χ1v) is 12.2. The number of hydrogen-bond donors (Lipinski definition) is 3. The summed E-state index contributed by atoms with van der Waals surface area (Å²) in [4.78, 5) is 33.6. The molecule has 2 fully saturated rings. The first kappa shape index (κ1) is 28.2. The standard InChI is InChI=1S/C12H21NO6.C12H23N/c1-5-18-10(16)8(6-7-9(14)15)13-11(17)19-12(2,3)4;1-3-7-11(8-4-1)13-12-9-5-2-6-10-12/h8H,5-7H2,1-4H3,(H,13,17)(H,14,15);11-13H,1-10H2/t8-;/m1./s1. The molecule has 1 amide bonds. The summed E-state index contributed by atoms with van der Waals surface area (Å²) in [6.07, 6.45) is 13.5. The van der Waals surface area contributed by atoms with Gasteiger partial charge < -0.3 is 25.2 Å². The topological polar surface area (TPSA) is 114 Å². The molecule has 0 heterocycles. The lowest BCUT2D eigenvalue weighted by Crippen LogP contribution is -2.44. The van der Waals surface area contributed by atoms with E-state index in [2.05, 4.69) is 10.6 Å². The number of nitrogens with one attached hydrogen (secondary N) is 2. The summed E-state index contributed by atoms with van der Waals surface area (Å²) >= 11 is 0. The second-order valence-electron chi connectivity index (χ2n) is 9.72. The van der Waals surface area contributed by atoms with E-state index in [1.54, 1.807) is 27.7 Å². The van der Waals surface area contributed by atoms with Crippen molar-refractivity contribution < 1.29 is 29.0 Å². The van der Waals surface area contributed by atoms with Gasteiger partial charge in [0.05, 0.1) is 6.61 Å². The van der Waals surface area contributed by atoms with Crippen molar-refractivity contribution in [3.8, 4) is 0 Å². The molecule has 32 heavy (non-hydrogen) atoms. The highest BCUT2D eigenvalue weighted by molar-refractivity contribution is 5.82. The van der Waals surface area contributed by atoms with Crippen LogP contribution in [-0.2, 0) is 19.1 Å². The average Bonchev–Trinajstić information content (AvgIpc) is 2.72. The predicted molar refractivity (Wildman–Crippen MR) is 124 cm³/mol. The molecule has 0 saturated heterocycles. The number of ether oxygens (including phenoxy) is 2. The van der Waals surface area contributed by atoms with E-state index in [-0.39, 0.29) is 19.4 Å². The summed E-state index contributed by atoms with van der Waals surface area (Å²) in [7, 11) is 0. The lowest BCUT2D eigenvalue weighted by molar-refractivity contribution is -0.146. The van der Waals surface area contributed by atoms with E-state index in [0.717, 1.165) is 12.1 Å². The molecule has 0 aliphatic heterocycles. The van der Waals surface area contributed by atoms with Crippen LogP contribution in [0.15, 0.2) is 0 Å². The van der Waals surface area contributed by atoms with Crippen molar-refractivity contribution >= 4 is 18.0 Å². The van der Waals surface area contributed by atoms with Gasteiger partial charge in [0, 0.05) is 18.5 Å². The number of esters is 1. The molecule has 2 rings (SSSR count). The summed E-state index contributed by atoms with van der Waals surface area (Å²) in [5.74, 6) is -1.73. The number of aliphatic carboxylic acids is 1. The number of rotatable bonds is 8. The number of carboxylic acids is 1. The zero-order valence-corrected chi connectivity index (χ0v) is 20.4. The van der Waals surface area contributed by atoms with Gasteiger partial charge in [-0.2, -0.15) is 0 Å². The summed E-state index contributed by atoms with van der Waals surface area (Å²) in [6.45, 7) is 6.83. The molecule has 1 atom stereocenters. The van der Waals surface area contributed by atoms with Gasteiger partial charge in [0.2, 0.25) is 0 Å². The van der Waals surface area contributed by atoms with E-state index < -0.39 is 29.7 Å². The molecule has 8 heteroatoms. The zero-order chi connectivity index (χ0) is 24.0. The van der Waals surface area contributed by atoms with Crippen LogP contribution in [-0.4, -0.2) is 53.5 Å². The second kappa shape index (κ2) is 15.1. The molecule has 8 nitrogen and oxygen atoms in total. The molecular formula is C24H44N2O6. The third-order valence-electron chi connectivity index (χ3n) is 5.59. The second-order valence-corrected chi connectivity index (χ2v) is 9.72. The van der Waals surface area contributed by atoms with Crippen molar-refractivity contribution in [2.75, 3.05) is 6.61 Å². The maximum atomic E-state index is 11.6. The molecular weight excluding hydrogens is 412 g/mol. The number of carbonyl (C=O) groups is 3. The predicted octanol–water partition coefficient (Wildman–Crippen LogP) is 4.55. The van der Waals surface area contributed by atoms with E-state index in [0.29, 0.717) is 0 Å². The maximum Gasteiger partial charge on any atom is 0.408 e. The fraction of sp³-hybridized carbons (Fsp3) is 0.875. The van der Waals surface area contributed by atoms with Gasteiger partial charge in [-0.05, 0) is 59.8 Å². The lowest BCUT2D eigenvalue weighted by atomic mass is 9.91. The average molecular weight is 457 g/mol. The summed E-state index contributed by atoms with van der Waals surface area (Å²) in [5.41, 5.74) is -0.698. The van der Waals surface area contributed by atoms with E-state index in [4.69, 9.17) is 14.6 Å². The van der Waals surface area contributed by atoms with Crippen molar-refractivity contribution in [3.63, 3.8) is 0 Å². The Balaban J connectivity index is 0.000000339. The van der Waals surface area contributed by atoms with Gasteiger partial charge in [-0.25, -0.2) is 9.59 Å². The normalized spacial score (nSPS) is 18.6. The monoisotopic (exact) mass is 456 g/mol. The molecule has 0 radical (unpaired) electrons.